The summed E-state index contributed by atoms with van der Waals surface area (Å²) in [5.74, 6) is 0. The highest BCUT2D eigenvalue weighted by molar-refractivity contribution is 7.71. The Morgan fingerprint density at radius 3 is 2.67 bits per heavy atom. The molecule has 3 rings (SSSR count). The molecule has 0 amide bonds. The second kappa shape index (κ2) is 4.90. The lowest BCUT2D eigenvalue weighted by atomic mass is 10.1. The van der Waals surface area contributed by atoms with Crippen LogP contribution in [0.15, 0.2) is 36.4 Å². The number of hydrogen-bond donors (Lipinski definition) is 1. The van der Waals surface area contributed by atoms with E-state index in [1.165, 1.54) is 0 Å². The highest BCUT2D eigenvalue weighted by Crippen LogP contribution is 2.24. The minimum Gasteiger partial charge on any atom is -0.330 e. The number of rotatable bonds is 1. The molecule has 4 nitrogen and oxygen atoms in total. The Balaban J connectivity index is 2.44. The summed E-state index contributed by atoms with van der Waals surface area (Å²) >= 11 is 5.38. The summed E-state index contributed by atoms with van der Waals surface area (Å²) in [6.45, 7) is 1.89. The SMILES string of the molecule is Cc1cccc(-n2c(=S)[nH]c3ccc(C#N)cc32)c1C#N. The molecule has 0 aliphatic carbocycles. The Morgan fingerprint density at radius 1 is 1.14 bits per heavy atom. The van der Waals surface area contributed by atoms with Crippen molar-refractivity contribution >= 4 is 23.3 Å². The molecule has 100 valence electrons. The zero-order chi connectivity index (χ0) is 15.0. The fraction of sp³-hybridized carbons (Fsp3) is 0.0625. The number of fused-ring (bicyclic) bond motifs is 1. The van der Waals surface area contributed by atoms with Gasteiger partial charge in [-0.25, -0.2) is 0 Å². The Bertz CT molecular complexity index is 996. The van der Waals surface area contributed by atoms with Gasteiger partial charge in [-0.1, -0.05) is 12.1 Å². The Labute approximate surface area is 126 Å². The molecule has 0 saturated heterocycles. The highest BCUT2D eigenvalue weighted by atomic mass is 32.1. The van der Waals surface area contributed by atoms with Gasteiger partial charge in [0.05, 0.1) is 33.9 Å². The van der Waals surface area contributed by atoms with E-state index in [9.17, 15) is 5.26 Å². The summed E-state index contributed by atoms with van der Waals surface area (Å²) < 4.78 is 2.30. The molecule has 0 radical (unpaired) electrons. The number of nitrogens with zero attached hydrogens (tertiary/aromatic N) is 3. The largest absolute Gasteiger partial charge is 0.330 e. The van der Waals surface area contributed by atoms with E-state index in [1.807, 2.05) is 31.2 Å². The average molecular weight is 290 g/mol. The van der Waals surface area contributed by atoms with Crippen LogP contribution in [0, 0.1) is 34.4 Å². The van der Waals surface area contributed by atoms with Gasteiger partial charge in [0.2, 0.25) is 0 Å². The van der Waals surface area contributed by atoms with Gasteiger partial charge in [0.1, 0.15) is 6.07 Å². The van der Waals surface area contributed by atoms with Gasteiger partial charge in [-0.15, -0.1) is 0 Å². The molecule has 1 heterocycles. The smallest absolute Gasteiger partial charge is 0.182 e. The lowest BCUT2D eigenvalue weighted by Gasteiger charge is -2.09. The normalized spacial score (nSPS) is 10.2. The van der Waals surface area contributed by atoms with Crippen molar-refractivity contribution < 1.29 is 0 Å². The predicted molar refractivity (Wildman–Crippen MR) is 82.6 cm³/mol. The van der Waals surface area contributed by atoms with Crippen molar-refractivity contribution in [2.24, 2.45) is 0 Å². The first kappa shape index (κ1) is 13.1. The number of nitrogens with one attached hydrogen (secondary N) is 1. The molecule has 0 aliphatic rings. The summed E-state index contributed by atoms with van der Waals surface area (Å²) in [4.78, 5) is 3.11. The first-order chi connectivity index (χ1) is 10.2. The summed E-state index contributed by atoms with van der Waals surface area (Å²) in [6, 6.07) is 15.3. The molecule has 0 aliphatic heterocycles. The van der Waals surface area contributed by atoms with E-state index in [0.717, 1.165) is 22.3 Å². The number of aryl methyl sites for hydroxylation is 1. The lowest BCUT2D eigenvalue weighted by Crippen LogP contribution is -1.99. The molecule has 0 spiro atoms. The van der Waals surface area contributed by atoms with Crippen molar-refractivity contribution in [3.8, 4) is 17.8 Å². The van der Waals surface area contributed by atoms with Crippen LogP contribution >= 0.6 is 12.2 Å². The summed E-state index contributed by atoms with van der Waals surface area (Å²) in [6.07, 6.45) is 0. The third-order valence-corrected chi connectivity index (χ3v) is 3.70. The van der Waals surface area contributed by atoms with Crippen LogP contribution in [0.3, 0.4) is 0 Å². The van der Waals surface area contributed by atoms with Gasteiger partial charge in [-0.05, 0) is 49.0 Å². The zero-order valence-corrected chi connectivity index (χ0v) is 12.0. The fourth-order valence-corrected chi connectivity index (χ4v) is 2.70. The third kappa shape index (κ3) is 2.01. The average Bonchev–Trinajstić information content (AvgIpc) is 2.81. The summed E-state index contributed by atoms with van der Waals surface area (Å²) in [5.41, 5.74) is 4.38. The monoisotopic (exact) mass is 290 g/mol. The number of aromatic amines is 1. The molecule has 0 bridgehead atoms. The van der Waals surface area contributed by atoms with Gasteiger partial charge in [-0.2, -0.15) is 10.5 Å². The Hall–Kier alpha value is -2.89. The van der Waals surface area contributed by atoms with Crippen molar-refractivity contribution in [1.29, 1.82) is 10.5 Å². The maximum atomic E-state index is 9.40. The van der Waals surface area contributed by atoms with Gasteiger partial charge in [-0.3, -0.25) is 4.57 Å². The first-order valence-corrected chi connectivity index (χ1v) is 6.71. The number of imidazole rings is 1. The van der Waals surface area contributed by atoms with Crippen LogP contribution in [-0.2, 0) is 0 Å². The van der Waals surface area contributed by atoms with E-state index in [1.54, 1.807) is 16.7 Å². The van der Waals surface area contributed by atoms with Crippen molar-refractivity contribution in [2.45, 2.75) is 6.92 Å². The van der Waals surface area contributed by atoms with Crippen molar-refractivity contribution in [2.75, 3.05) is 0 Å². The van der Waals surface area contributed by atoms with E-state index in [4.69, 9.17) is 17.5 Å². The second-order valence-corrected chi connectivity index (χ2v) is 5.08. The van der Waals surface area contributed by atoms with Crippen LogP contribution in [0.25, 0.3) is 16.7 Å². The minimum atomic E-state index is 0.502. The maximum absolute atomic E-state index is 9.40. The number of aromatic nitrogens is 2. The molecular formula is C16H10N4S. The molecule has 0 unspecified atom stereocenters. The molecule has 21 heavy (non-hydrogen) atoms. The van der Waals surface area contributed by atoms with E-state index in [-0.39, 0.29) is 0 Å². The van der Waals surface area contributed by atoms with Crippen molar-refractivity contribution in [1.82, 2.24) is 9.55 Å². The van der Waals surface area contributed by atoms with Gasteiger partial charge in [0.25, 0.3) is 0 Å². The summed E-state index contributed by atoms with van der Waals surface area (Å²) in [5, 5.41) is 18.5. The van der Waals surface area contributed by atoms with Crippen LogP contribution in [0.2, 0.25) is 0 Å². The third-order valence-electron chi connectivity index (χ3n) is 3.42. The standard InChI is InChI=1S/C16H10N4S/c1-10-3-2-4-14(12(10)9-18)20-15-7-11(8-17)5-6-13(15)19-16(20)21/h2-7H,1H3,(H,19,21). The Kier molecular flexibility index (Phi) is 3.06. The molecule has 3 aromatic rings. The Morgan fingerprint density at radius 2 is 1.95 bits per heavy atom. The van der Waals surface area contributed by atoms with Crippen molar-refractivity contribution in [3.05, 3.63) is 57.9 Å². The summed E-state index contributed by atoms with van der Waals surface area (Å²) in [7, 11) is 0. The van der Waals surface area contributed by atoms with Gasteiger partial charge in [0.15, 0.2) is 4.77 Å². The maximum Gasteiger partial charge on any atom is 0.182 e. The number of benzene rings is 2. The molecule has 0 fully saturated rings. The topological polar surface area (TPSA) is 68.3 Å². The van der Waals surface area contributed by atoms with E-state index in [0.29, 0.717) is 15.9 Å². The van der Waals surface area contributed by atoms with Gasteiger partial charge in [0, 0.05) is 0 Å². The number of nitriles is 2. The van der Waals surface area contributed by atoms with Crippen LogP contribution < -0.4 is 0 Å². The minimum absolute atomic E-state index is 0.502. The van der Waals surface area contributed by atoms with Crippen molar-refractivity contribution in [3.63, 3.8) is 0 Å². The number of hydrogen-bond acceptors (Lipinski definition) is 3. The highest BCUT2D eigenvalue weighted by Gasteiger charge is 2.12. The van der Waals surface area contributed by atoms with E-state index < -0.39 is 0 Å². The molecule has 2 aromatic carbocycles. The van der Waals surface area contributed by atoms with E-state index >= 15 is 0 Å². The van der Waals surface area contributed by atoms with Crippen LogP contribution in [0.1, 0.15) is 16.7 Å². The van der Waals surface area contributed by atoms with Crippen LogP contribution in [-0.4, -0.2) is 9.55 Å². The van der Waals surface area contributed by atoms with Gasteiger partial charge >= 0.3 is 0 Å². The van der Waals surface area contributed by atoms with Crippen LogP contribution in [0.4, 0.5) is 0 Å². The fourth-order valence-electron chi connectivity index (χ4n) is 2.40. The first-order valence-electron chi connectivity index (χ1n) is 6.30. The molecule has 0 atom stereocenters. The molecular weight excluding hydrogens is 280 g/mol. The second-order valence-electron chi connectivity index (χ2n) is 4.69. The number of H-pyrrole nitrogens is 1. The lowest BCUT2D eigenvalue weighted by molar-refractivity contribution is 1.05. The van der Waals surface area contributed by atoms with Crippen LogP contribution in [0.5, 0.6) is 0 Å². The predicted octanol–water partition coefficient (Wildman–Crippen LogP) is 3.74. The van der Waals surface area contributed by atoms with E-state index in [2.05, 4.69) is 17.1 Å². The van der Waals surface area contributed by atoms with Gasteiger partial charge < -0.3 is 4.98 Å². The zero-order valence-electron chi connectivity index (χ0n) is 11.2. The molecule has 1 aromatic heterocycles. The molecule has 5 heteroatoms. The molecule has 0 saturated carbocycles. The molecule has 1 N–H and O–H groups in total. The quantitative estimate of drug-likeness (QED) is 0.694.